The summed E-state index contributed by atoms with van der Waals surface area (Å²) in [6, 6.07) is 5.25. The van der Waals surface area contributed by atoms with E-state index in [1.807, 2.05) is 0 Å². The van der Waals surface area contributed by atoms with Gasteiger partial charge in [-0.2, -0.15) is 0 Å². The Morgan fingerprint density at radius 1 is 1.42 bits per heavy atom. The molecule has 2 aromatic heterocycles. The van der Waals surface area contributed by atoms with Crippen LogP contribution in [-0.4, -0.2) is 26.1 Å². The first-order valence-electron chi connectivity index (χ1n) is 5.14. The van der Waals surface area contributed by atoms with Crippen molar-refractivity contribution in [1.82, 2.24) is 20.2 Å². The van der Waals surface area contributed by atoms with Gasteiger partial charge in [0.15, 0.2) is 5.13 Å². The minimum atomic E-state index is -0.541. The van der Waals surface area contributed by atoms with Crippen LogP contribution in [0.2, 0.25) is 5.02 Å². The van der Waals surface area contributed by atoms with Crippen molar-refractivity contribution in [3.05, 3.63) is 39.5 Å². The summed E-state index contributed by atoms with van der Waals surface area (Å²) >= 11 is 7.15. The number of hydrogen-bond acceptors (Lipinski definition) is 5. The van der Waals surface area contributed by atoms with Gasteiger partial charge in [0.25, 0.3) is 5.91 Å². The fraction of sp³-hybridized carbons (Fsp3) is 0. The Morgan fingerprint density at radius 3 is 3.00 bits per heavy atom. The van der Waals surface area contributed by atoms with E-state index in [1.54, 1.807) is 18.2 Å². The van der Waals surface area contributed by atoms with Crippen molar-refractivity contribution in [1.29, 1.82) is 0 Å². The third-order valence-electron chi connectivity index (χ3n) is 2.29. The number of fused-ring (bicyclic) bond motifs is 1. The van der Waals surface area contributed by atoms with Crippen molar-refractivity contribution in [2.45, 2.75) is 0 Å². The standard InChI is InChI=1S/C10H6ClN5O2S/c11-4-1-2-5-6(3-4)19-10(12-5)14-8(17)7-13-9(18)16-15-7/h1-3H,(H,12,14,17)(H2,13,15,16,18). The van der Waals surface area contributed by atoms with Crippen molar-refractivity contribution >= 4 is 44.2 Å². The summed E-state index contributed by atoms with van der Waals surface area (Å²) in [5, 5.41) is 9.21. The SMILES string of the molecule is O=C(Nc1nc2ccc(Cl)cc2s1)c1n[nH]c(=O)[nH]1. The molecule has 2 heterocycles. The highest BCUT2D eigenvalue weighted by Gasteiger charge is 2.13. The van der Waals surface area contributed by atoms with Gasteiger partial charge in [0.1, 0.15) is 0 Å². The molecule has 0 aliphatic carbocycles. The third kappa shape index (κ3) is 2.35. The van der Waals surface area contributed by atoms with Gasteiger partial charge in [-0.25, -0.2) is 14.9 Å². The molecule has 3 rings (SSSR count). The summed E-state index contributed by atoms with van der Waals surface area (Å²) in [5.74, 6) is -0.634. The molecule has 0 unspecified atom stereocenters. The van der Waals surface area contributed by atoms with E-state index in [1.165, 1.54) is 11.3 Å². The first-order chi connectivity index (χ1) is 9.11. The minimum Gasteiger partial charge on any atom is -0.295 e. The van der Waals surface area contributed by atoms with E-state index < -0.39 is 11.6 Å². The van der Waals surface area contributed by atoms with E-state index in [2.05, 4.69) is 25.5 Å². The normalized spacial score (nSPS) is 10.8. The molecule has 0 saturated heterocycles. The number of thiazole rings is 1. The monoisotopic (exact) mass is 295 g/mol. The number of hydrogen-bond donors (Lipinski definition) is 3. The number of halogens is 1. The summed E-state index contributed by atoms with van der Waals surface area (Å²) < 4.78 is 0.860. The van der Waals surface area contributed by atoms with Crippen LogP contribution in [0.1, 0.15) is 10.6 Å². The lowest BCUT2D eigenvalue weighted by atomic mass is 10.3. The average Bonchev–Trinajstić information content (AvgIpc) is 2.94. The lowest BCUT2D eigenvalue weighted by Gasteiger charge is -1.95. The summed E-state index contributed by atoms with van der Waals surface area (Å²) in [6.45, 7) is 0. The molecule has 3 aromatic rings. The molecule has 3 N–H and O–H groups in total. The number of nitrogens with zero attached hydrogens (tertiary/aromatic N) is 2. The number of anilines is 1. The Hall–Kier alpha value is -2.19. The van der Waals surface area contributed by atoms with Gasteiger partial charge in [0, 0.05) is 5.02 Å². The lowest BCUT2D eigenvalue weighted by molar-refractivity contribution is 0.101. The van der Waals surface area contributed by atoms with Gasteiger partial charge in [-0.1, -0.05) is 22.9 Å². The van der Waals surface area contributed by atoms with Gasteiger partial charge in [0.2, 0.25) is 5.82 Å². The molecule has 0 aliphatic heterocycles. The van der Waals surface area contributed by atoms with E-state index >= 15 is 0 Å². The molecular weight excluding hydrogens is 290 g/mol. The second-order valence-corrected chi connectivity index (χ2v) is 5.08. The number of aromatic nitrogens is 4. The van der Waals surface area contributed by atoms with Crippen LogP contribution in [0.5, 0.6) is 0 Å². The molecule has 0 saturated carbocycles. The van der Waals surface area contributed by atoms with E-state index in [0.717, 1.165) is 10.2 Å². The summed E-state index contributed by atoms with van der Waals surface area (Å²) in [4.78, 5) is 29.1. The number of H-pyrrole nitrogens is 2. The first kappa shape index (κ1) is 11.9. The van der Waals surface area contributed by atoms with Crippen molar-refractivity contribution in [3.8, 4) is 0 Å². The maximum atomic E-state index is 11.7. The van der Waals surface area contributed by atoms with Crippen molar-refractivity contribution in [2.75, 3.05) is 5.32 Å². The van der Waals surface area contributed by atoms with Gasteiger partial charge in [-0.15, -0.1) is 5.10 Å². The molecule has 0 atom stereocenters. The Kier molecular flexibility index (Phi) is 2.80. The quantitative estimate of drug-likeness (QED) is 0.668. The average molecular weight is 296 g/mol. The predicted octanol–water partition coefficient (Wildman–Crippen LogP) is 1.61. The summed E-state index contributed by atoms with van der Waals surface area (Å²) in [6.07, 6.45) is 0. The molecule has 7 nitrogen and oxygen atoms in total. The number of rotatable bonds is 2. The smallest absolute Gasteiger partial charge is 0.295 e. The van der Waals surface area contributed by atoms with Crippen LogP contribution in [0.25, 0.3) is 10.2 Å². The Morgan fingerprint density at radius 2 is 2.26 bits per heavy atom. The van der Waals surface area contributed by atoms with Gasteiger partial charge < -0.3 is 0 Å². The zero-order chi connectivity index (χ0) is 13.4. The van der Waals surface area contributed by atoms with Crippen LogP contribution in [-0.2, 0) is 0 Å². The molecule has 19 heavy (non-hydrogen) atoms. The maximum Gasteiger partial charge on any atom is 0.341 e. The van der Waals surface area contributed by atoms with Crippen LogP contribution in [0.3, 0.4) is 0 Å². The number of aromatic amines is 2. The zero-order valence-electron chi connectivity index (χ0n) is 9.23. The molecule has 9 heteroatoms. The summed E-state index contributed by atoms with van der Waals surface area (Å²) in [5.41, 5.74) is 0.196. The molecule has 1 aromatic carbocycles. The summed E-state index contributed by atoms with van der Waals surface area (Å²) in [7, 11) is 0. The molecule has 0 bridgehead atoms. The molecule has 96 valence electrons. The minimum absolute atomic E-state index is 0.0951. The Labute approximate surface area is 114 Å². The topological polar surface area (TPSA) is 104 Å². The van der Waals surface area contributed by atoms with Crippen LogP contribution >= 0.6 is 22.9 Å². The highest BCUT2D eigenvalue weighted by atomic mass is 35.5. The number of carbonyl (C=O) groups excluding carboxylic acids is 1. The Balaban J connectivity index is 1.89. The van der Waals surface area contributed by atoms with E-state index in [4.69, 9.17) is 11.6 Å². The lowest BCUT2D eigenvalue weighted by Crippen LogP contribution is -2.14. The third-order valence-corrected chi connectivity index (χ3v) is 3.46. The van der Waals surface area contributed by atoms with E-state index in [9.17, 15) is 9.59 Å². The van der Waals surface area contributed by atoms with Crippen molar-refractivity contribution in [3.63, 3.8) is 0 Å². The fourth-order valence-corrected chi connectivity index (χ4v) is 2.62. The number of carbonyl (C=O) groups is 1. The highest BCUT2D eigenvalue weighted by Crippen LogP contribution is 2.28. The zero-order valence-corrected chi connectivity index (χ0v) is 10.8. The van der Waals surface area contributed by atoms with Crippen LogP contribution in [0.4, 0.5) is 5.13 Å². The van der Waals surface area contributed by atoms with Crippen LogP contribution in [0, 0.1) is 0 Å². The maximum absolute atomic E-state index is 11.7. The molecule has 0 radical (unpaired) electrons. The molecule has 0 spiro atoms. The van der Waals surface area contributed by atoms with Gasteiger partial charge in [0.05, 0.1) is 10.2 Å². The number of nitrogens with one attached hydrogen (secondary N) is 3. The largest absolute Gasteiger partial charge is 0.341 e. The second kappa shape index (κ2) is 4.48. The van der Waals surface area contributed by atoms with E-state index in [0.29, 0.717) is 10.2 Å². The molecule has 0 aliphatic rings. The van der Waals surface area contributed by atoms with Crippen LogP contribution < -0.4 is 11.0 Å². The van der Waals surface area contributed by atoms with Crippen molar-refractivity contribution < 1.29 is 4.79 Å². The number of amides is 1. The first-order valence-corrected chi connectivity index (χ1v) is 6.33. The molecule has 0 fully saturated rings. The van der Waals surface area contributed by atoms with Gasteiger partial charge in [-0.05, 0) is 18.2 Å². The predicted molar refractivity (Wildman–Crippen MR) is 71.8 cm³/mol. The second-order valence-electron chi connectivity index (χ2n) is 3.61. The molecular formula is C10H6ClN5O2S. The fourth-order valence-electron chi connectivity index (χ4n) is 1.49. The van der Waals surface area contributed by atoms with Crippen molar-refractivity contribution in [2.24, 2.45) is 0 Å². The Bertz CT molecular complexity index is 821. The number of benzene rings is 1. The van der Waals surface area contributed by atoms with Crippen LogP contribution in [0.15, 0.2) is 23.0 Å². The van der Waals surface area contributed by atoms with E-state index in [-0.39, 0.29) is 5.82 Å². The van der Waals surface area contributed by atoms with Gasteiger partial charge in [-0.3, -0.25) is 15.1 Å². The molecule has 1 amide bonds. The highest BCUT2D eigenvalue weighted by molar-refractivity contribution is 7.22. The van der Waals surface area contributed by atoms with Gasteiger partial charge >= 0.3 is 5.69 Å².